The van der Waals surface area contributed by atoms with Crippen LogP contribution in [0.3, 0.4) is 0 Å². The van der Waals surface area contributed by atoms with Crippen LogP contribution >= 0.6 is 23.2 Å². The van der Waals surface area contributed by atoms with Gasteiger partial charge in [0.1, 0.15) is 18.5 Å². The number of halogens is 3. The number of ether oxygens (including phenoxy) is 2. The topological polar surface area (TPSA) is 55.8 Å². The molecule has 3 aromatic carbocycles. The summed E-state index contributed by atoms with van der Waals surface area (Å²) < 4.78 is 23.0. The number of esters is 1. The van der Waals surface area contributed by atoms with Gasteiger partial charge in [0.2, 0.25) is 5.91 Å². The standard InChI is InChI=1S/C22H23Cl2NO4.C7H7F.C3H8/c1-2-28-20(27)4-3-13-25-19(26)14-29-22(16-7-11-18(24)12-8-16)21(25)15-5-9-17(23)10-6-15;1-6-2-4-7(8)5-3-6;1-3-2/h5-12,21-22H,2-4,13-14H2,1H3;2-5H,1H3;3H2,1-2H3. The molecule has 1 aliphatic rings. The number of hydrogen-bond acceptors (Lipinski definition) is 4. The molecule has 0 spiro atoms. The molecule has 0 aliphatic carbocycles. The molecule has 1 fully saturated rings. The number of hydrogen-bond donors (Lipinski definition) is 0. The SMILES string of the molecule is CCC.CCOC(=O)CCCN1C(=O)COC(c2ccc(Cl)cc2)C1c1ccc(Cl)cc1.Cc1ccc(F)cc1. The van der Waals surface area contributed by atoms with Crippen molar-refractivity contribution in [2.24, 2.45) is 0 Å². The van der Waals surface area contributed by atoms with Crippen LogP contribution in [0.25, 0.3) is 0 Å². The summed E-state index contributed by atoms with van der Waals surface area (Å²) in [6.45, 7) is 8.71. The van der Waals surface area contributed by atoms with Crippen molar-refractivity contribution in [2.75, 3.05) is 19.8 Å². The Hall–Kier alpha value is -2.93. The molecule has 1 amide bonds. The molecule has 0 aromatic heterocycles. The number of morpholine rings is 1. The zero-order valence-corrected chi connectivity index (χ0v) is 25.1. The van der Waals surface area contributed by atoms with Crippen molar-refractivity contribution >= 4 is 35.1 Å². The van der Waals surface area contributed by atoms with Gasteiger partial charge in [0.25, 0.3) is 0 Å². The van der Waals surface area contributed by atoms with E-state index in [9.17, 15) is 14.0 Å². The monoisotopic (exact) mass is 589 g/mol. The average Bonchev–Trinajstić information content (AvgIpc) is 2.93. The summed E-state index contributed by atoms with van der Waals surface area (Å²) in [6.07, 6.45) is 1.67. The highest BCUT2D eigenvalue weighted by Crippen LogP contribution is 2.40. The Kier molecular flexibility index (Phi) is 14.7. The lowest BCUT2D eigenvalue weighted by Gasteiger charge is -2.41. The molecule has 1 saturated heterocycles. The highest BCUT2D eigenvalue weighted by Gasteiger charge is 2.38. The summed E-state index contributed by atoms with van der Waals surface area (Å²) in [6, 6.07) is 20.9. The van der Waals surface area contributed by atoms with E-state index in [1.807, 2.05) is 31.2 Å². The fourth-order valence-electron chi connectivity index (χ4n) is 4.02. The fourth-order valence-corrected chi connectivity index (χ4v) is 4.28. The van der Waals surface area contributed by atoms with Gasteiger partial charge in [0.15, 0.2) is 0 Å². The molecule has 216 valence electrons. The lowest BCUT2D eigenvalue weighted by Crippen LogP contribution is -2.46. The first-order valence-corrected chi connectivity index (χ1v) is 14.2. The maximum Gasteiger partial charge on any atom is 0.305 e. The molecule has 0 saturated carbocycles. The van der Waals surface area contributed by atoms with Crippen molar-refractivity contribution < 1.29 is 23.5 Å². The molecule has 0 bridgehead atoms. The Morgan fingerprint density at radius 1 is 0.925 bits per heavy atom. The zero-order valence-electron chi connectivity index (χ0n) is 23.5. The van der Waals surface area contributed by atoms with Gasteiger partial charge in [-0.05, 0) is 67.8 Å². The Morgan fingerprint density at radius 2 is 1.45 bits per heavy atom. The second-order valence-electron chi connectivity index (χ2n) is 9.28. The molecular formula is C32H38Cl2FNO4. The average molecular weight is 591 g/mol. The Labute approximate surface area is 247 Å². The molecule has 0 N–H and O–H groups in total. The van der Waals surface area contributed by atoms with Crippen molar-refractivity contribution in [1.82, 2.24) is 4.90 Å². The molecule has 5 nitrogen and oxygen atoms in total. The quantitative estimate of drug-likeness (QED) is 0.259. The molecular weight excluding hydrogens is 552 g/mol. The molecule has 2 atom stereocenters. The maximum absolute atomic E-state index is 12.7. The van der Waals surface area contributed by atoms with Crippen LogP contribution in [-0.4, -0.2) is 36.5 Å². The molecule has 1 heterocycles. The van der Waals surface area contributed by atoms with Gasteiger partial charge in [-0.2, -0.15) is 0 Å². The first kappa shape index (κ1) is 33.3. The van der Waals surface area contributed by atoms with Gasteiger partial charge in [0.05, 0.1) is 12.6 Å². The minimum Gasteiger partial charge on any atom is -0.466 e. The molecule has 4 rings (SSSR count). The summed E-state index contributed by atoms with van der Waals surface area (Å²) in [5.74, 6) is -0.542. The van der Waals surface area contributed by atoms with Crippen molar-refractivity contribution in [3.63, 3.8) is 0 Å². The minimum absolute atomic E-state index is 0.0171. The Balaban J connectivity index is 0.000000427. The largest absolute Gasteiger partial charge is 0.466 e. The first-order valence-electron chi connectivity index (χ1n) is 13.5. The van der Waals surface area contributed by atoms with Crippen molar-refractivity contribution in [3.05, 3.63) is 105 Å². The van der Waals surface area contributed by atoms with Gasteiger partial charge in [-0.1, -0.05) is 85.4 Å². The number of carbonyl (C=O) groups excluding carboxylic acids is 2. The lowest BCUT2D eigenvalue weighted by molar-refractivity contribution is -0.159. The minimum atomic E-state index is -0.353. The van der Waals surface area contributed by atoms with Gasteiger partial charge in [-0.15, -0.1) is 0 Å². The third-order valence-electron chi connectivity index (χ3n) is 5.84. The second-order valence-corrected chi connectivity index (χ2v) is 10.2. The third-order valence-corrected chi connectivity index (χ3v) is 6.34. The van der Waals surface area contributed by atoms with E-state index in [0.29, 0.717) is 29.6 Å². The van der Waals surface area contributed by atoms with Crippen LogP contribution in [-0.2, 0) is 19.1 Å². The predicted octanol–water partition coefficient (Wildman–Crippen LogP) is 8.53. The van der Waals surface area contributed by atoms with Crippen molar-refractivity contribution in [2.45, 2.75) is 59.1 Å². The van der Waals surface area contributed by atoms with Crippen molar-refractivity contribution in [3.8, 4) is 0 Å². The van der Waals surface area contributed by atoms with Crippen LogP contribution < -0.4 is 0 Å². The van der Waals surface area contributed by atoms with Crippen LogP contribution in [0.15, 0.2) is 72.8 Å². The maximum atomic E-state index is 12.7. The van der Waals surface area contributed by atoms with E-state index in [1.165, 1.54) is 18.6 Å². The van der Waals surface area contributed by atoms with Gasteiger partial charge in [-0.25, -0.2) is 4.39 Å². The van der Waals surface area contributed by atoms with E-state index < -0.39 is 0 Å². The molecule has 3 aromatic rings. The second kappa shape index (κ2) is 17.7. The molecule has 0 radical (unpaired) electrons. The Bertz CT molecular complexity index is 1150. The molecule has 40 heavy (non-hydrogen) atoms. The summed E-state index contributed by atoms with van der Waals surface area (Å²) in [4.78, 5) is 26.2. The van der Waals surface area contributed by atoms with Crippen LogP contribution in [0.1, 0.15) is 68.9 Å². The van der Waals surface area contributed by atoms with Crippen molar-refractivity contribution in [1.29, 1.82) is 0 Å². The van der Waals surface area contributed by atoms with Gasteiger partial charge < -0.3 is 14.4 Å². The smallest absolute Gasteiger partial charge is 0.305 e. The van der Waals surface area contributed by atoms with E-state index in [4.69, 9.17) is 32.7 Å². The third kappa shape index (κ3) is 10.9. The summed E-state index contributed by atoms with van der Waals surface area (Å²) in [5.41, 5.74) is 2.93. The lowest BCUT2D eigenvalue weighted by atomic mass is 9.92. The molecule has 8 heteroatoms. The van der Waals surface area contributed by atoms with Crippen LogP contribution in [0.4, 0.5) is 4.39 Å². The number of nitrogens with zero attached hydrogens (tertiary/aromatic N) is 1. The van der Waals surface area contributed by atoms with E-state index in [1.54, 1.807) is 48.2 Å². The van der Waals surface area contributed by atoms with Crippen LogP contribution in [0, 0.1) is 12.7 Å². The van der Waals surface area contributed by atoms with E-state index >= 15 is 0 Å². The number of rotatable bonds is 7. The molecule has 2 unspecified atom stereocenters. The number of amides is 1. The first-order chi connectivity index (χ1) is 19.2. The fraction of sp³-hybridized carbons (Fsp3) is 0.375. The Morgan fingerprint density at radius 3 is 1.95 bits per heavy atom. The van der Waals surface area contributed by atoms with E-state index in [2.05, 4.69) is 13.8 Å². The van der Waals surface area contributed by atoms with Gasteiger partial charge in [0, 0.05) is 23.0 Å². The highest BCUT2D eigenvalue weighted by molar-refractivity contribution is 6.30. The van der Waals surface area contributed by atoms with E-state index in [-0.39, 0.29) is 42.9 Å². The number of benzene rings is 3. The molecule has 1 aliphatic heterocycles. The number of aryl methyl sites for hydroxylation is 1. The van der Waals surface area contributed by atoms with Gasteiger partial charge >= 0.3 is 5.97 Å². The number of carbonyl (C=O) groups is 2. The summed E-state index contributed by atoms with van der Waals surface area (Å²) in [7, 11) is 0. The van der Waals surface area contributed by atoms with Crippen LogP contribution in [0.2, 0.25) is 10.0 Å². The van der Waals surface area contributed by atoms with Gasteiger partial charge in [-0.3, -0.25) is 9.59 Å². The highest BCUT2D eigenvalue weighted by atomic mass is 35.5. The summed E-state index contributed by atoms with van der Waals surface area (Å²) >= 11 is 12.1. The normalized spacial score (nSPS) is 16.3. The van der Waals surface area contributed by atoms with Crippen LogP contribution in [0.5, 0.6) is 0 Å². The predicted molar refractivity (Wildman–Crippen MR) is 159 cm³/mol. The summed E-state index contributed by atoms with van der Waals surface area (Å²) in [5, 5.41) is 1.25. The van der Waals surface area contributed by atoms with E-state index in [0.717, 1.165) is 16.7 Å². The zero-order chi connectivity index (χ0) is 29.5.